The van der Waals surface area contributed by atoms with Gasteiger partial charge in [0.2, 0.25) is 0 Å². The zero-order valence-electron chi connectivity index (χ0n) is 8.18. The van der Waals surface area contributed by atoms with Crippen LogP contribution in [-0.4, -0.2) is 0 Å². The van der Waals surface area contributed by atoms with Gasteiger partial charge in [-0.05, 0) is 40.2 Å². The fourth-order valence-corrected chi connectivity index (χ4v) is 1.73. The molecular formula is C12H8BrF2N. The molecule has 0 radical (unpaired) electrons. The molecule has 0 aliphatic carbocycles. The molecule has 0 spiro atoms. The Kier molecular flexibility index (Phi) is 3.19. The monoisotopic (exact) mass is 283 g/mol. The van der Waals surface area contributed by atoms with Crippen molar-refractivity contribution in [2.45, 2.75) is 0 Å². The second-order valence-electron chi connectivity index (χ2n) is 3.26. The maximum absolute atomic E-state index is 12.9. The number of hydrogen-bond acceptors (Lipinski definition) is 1. The van der Waals surface area contributed by atoms with E-state index >= 15 is 0 Å². The standard InChI is InChI=1S/C12H8BrF2N/c13-11-3-1-2-4-12(11)16-10-6-8(14)5-9(15)7-10/h1-7,16H. The Balaban J connectivity index is 2.30. The molecule has 0 aromatic heterocycles. The molecule has 0 saturated heterocycles. The molecule has 0 bridgehead atoms. The van der Waals surface area contributed by atoms with Gasteiger partial charge < -0.3 is 5.32 Å². The van der Waals surface area contributed by atoms with E-state index in [1.807, 2.05) is 24.3 Å². The first-order valence-corrected chi connectivity index (χ1v) is 5.42. The molecule has 0 aliphatic heterocycles. The lowest BCUT2D eigenvalue weighted by atomic mass is 10.2. The zero-order valence-corrected chi connectivity index (χ0v) is 9.76. The minimum Gasteiger partial charge on any atom is -0.354 e. The van der Waals surface area contributed by atoms with Crippen LogP contribution in [0.3, 0.4) is 0 Å². The average molecular weight is 284 g/mol. The van der Waals surface area contributed by atoms with Crippen molar-refractivity contribution < 1.29 is 8.78 Å². The predicted octanol–water partition coefficient (Wildman–Crippen LogP) is 4.47. The molecule has 2 aromatic rings. The first-order valence-electron chi connectivity index (χ1n) is 4.63. The fourth-order valence-electron chi connectivity index (χ4n) is 1.34. The van der Waals surface area contributed by atoms with Gasteiger partial charge in [0.1, 0.15) is 11.6 Å². The summed E-state index contributed by atoms with van der Waals surface area (Å²) < 4.78 is 26.7. The number of nitrogens with one attached hydrogen (secondary N) is 1. The second-order valence-corrected chi connectivity index (χ2v) is 4.12. The van der Waals surface area contributed by atoms with Gasteiger partial charge in [-0.15, -0.1) is 0 Å². The van der Waals surface area contributed by atoms with Crippen LogP contribution in [0.5, 0.6) is 0 Å². The van der Waals surface area contributed by atoms with Crippen LogP contribution in [0.15, 0.2) is 46.9 Å². The molecule has 0 aliphatic rings. The Hall–Kier alpha value is -1.42. The van der Waals surface area contributed by atoms with Crippen molar-refractivity contribution in [3.63, 3.8) is 0 Å². The van der Waals surface area contributed by atoms with E-state index in [0.29, 0.717) is 5.69 Å². The summed E-state index contributed by atoms with van der Waals surface area (Å²) in [5, 5.41) is 2.93. The van der Waals surface area contributed by atoms with Crippen LogP contribution in [0, 0.1) is 11.6 Å². The van der Waals surface area contributed by atoms with Gasteiger partial charge in [0.05, 0.1) is 5.69 Å². The Labute approximate surface area is 100 Å². The number of halogens is 3. The summed E-state index contributed by atoms with van der Waals surface area (Å²) in [6.45, 7) is 0. The topological polar surface area (TPSA) is 12.0 Å². The van der Waals surface area contributed by atoms with Crippen LogP contribution in [0.2, 0.25) is 0 Å². The highest BCUT2D eigenvalue weighted by molar-refractivity contribution is 9.10. The summed E-state index contributed by atoms with van der Waals surface area (Å²) >= 11 is 3.34. The molecule has 1 N–H and O–H groups in total. The van der Waals surface area contributed by atoms with E-state index in [9.17, 15) is 8.78 Å². The number of anilines is 2. The highest BCUT2D eigenvalue weighted by atomic mass is 79.9. The van der Waals surface area contributed by atoms with Gasteiger partial charge >= 0.3 is 0 Å². The first kappa shape index (κ1) is 11.1. The molecule has 0 atom stereocenters. The molecule has 82 valence electrons. The highest BCUT2D eigenvalue weighted by Gasteiger charge is 2.02. The molecule has 16 heavy (non-hydrogen) atoms. The van der Waals surface area contributed by atoms with E-state index in [1.165, 1.54) is 12.1 Å². The molecule has 0 unspecified atom stereocenters. The maximum atomic E-state index is 12.9. The smallest absolute Gasteiger partial charge is 0.128 e. The van der Waals surface area contributed by atoms with Crippen molar-refractivity contribution in [2.24, 2.45) is 0 Å². The molecule has 2 rings (SSSR count). The number of hydrogen-bond donors (Lipinski definition) is 1. The molecule has 1 nitrogen and oxygen atoms in total. The lowest BCUT2D eigenvalue weighted by Crippen LogP contribution is -1.93. The Morgan fingerprint density at radius 1 is 0.938 bits per heavy atom. The molecular weight excluding hydrogens is 276 g/mol. The Bertz CT molecular complexity index is 494. The summed E-state index contributed by atoms with van der Waals surface area (Å²) in [6.07, 6.45) is 0. The molecule has 0 amide bonds. The molecule has 0 heterocycles. The molecule has 0 saturated carbocycles. The molecule has 4 heteroatoms. The summed E-state index contributed by atoms with van der Waals surface area (Å²) in [6, 6.07) is 10.7. The largest absolute Gasteiger partial charge is 0.354 e. The Morgan fingerprint density at radius 2 is 1.56 bits per heavy atom. The predicted molar refractivity (Wildman–Crippen MR) is 63.8 cm³/mol. The molecule has 2 aromatic carbocycles. The van der Waals surface area contributed by atoms with Crippen LogP contribution in [-0.2, 0) is 0 Å². The summed E-state index contributed by atoms with van der Waals surface area (Å²) in [5.41, 5.74) is 1.14. The lowest BCUT2D eigenvalue weighted by Gasteiger charge is -2.08. The minimum absolute atomic E-state index is 0.379. The van der Waals surface area contributed by atoms with Crippen LogP contribution >= 0.6 is 15.9 Å². The number of rotatable bonds is 2. The lowest BCUT2D eigenvalue weighted by molar-refractivity contribution is 0.584. The summed E-state index contributed by atoms with van der Waals surface area (Å²) in [4.78, 5) is 0. The van der Waals surface area contributed by atoms with E-state index in [-0.39, 0.29) is 0 Å². The number of para-hydroxylation sites is 1. The van der Waals surface area contributed by atoms with Gasteiger partial charge in [-0.2, -0.15) is 0 Å². The van der Waals surface area contributed by atoms with Gasteiger partial charge in [-0.25, -0.2) is 8.78 Å². The van der Waals surface area contributed by atoms with Gasteiger partial charge in [0.25, 0.3) is 0 Å². The van der Waals surface area contributed by atoms with E-state index in [0.717, 1.165) is 16.2 Å². The van der Waals surface area contributed by atoms with Crippen molar-refractivity contribution in [3.8, 4) is 0 Å². The maximum Gasteiger partial charge on any atom is 0.128 e. The van der Waals surface area contributed by atoms with Gasteiger partial charge in [0.15, 0.2) is 0 Å². The fraction of sp³-hybridized carbons (Fsp3) is 0. The van der Waals surface area contributed by atoms with Gasteiger partial charge in [0, 0.05) is 16.2 Å². The van der Waals surface area contributed by atoms with Crippen LogP contribution < -0.4 is 5.32 Å². The van der Waals surface area contributed by atoms with Crippen molar-refractivity contribution in [1.29, 1.82) is 0 Å². The third kappa shape index (κ3) is 2.58. The number of benzene rings is 2. The van der Waals surface area contributed by atoms with Crippen molar-refractivity contribution >= 4 is 27.3 Å². The third-order valence-corrected chi connectivity index (χ3v) is 2.71. The van der Waals surface area contributed by atoms with E-state index < -0.39 is 11.6 Å². The average Bonchev–Trinajstić information content (AvgIpc) is 2.20. The van der Waals surface area contributed by atoms with E-state index in [1.54, 1.807) is 0 Å². The SMILES string of the molecule is Fc1cc(F)cc(Nc2ccccc2Br)c1. The second kappa shape index (κ2) is 4.61. The summed E-state index contributed by atoms with van der Waals surface area (Å²) in [5.74, 6) is -1.20. The van der Waals surface area contributed by atoms with Gasteiger partial charge in [-0.3, -0.25) is 0 Å². The normalized spacial score (nSPS) is 10.2. The van der Waals surface area contributed by atoms with Crippen LogP contribution in [0.4, 0.5) is 20.2 Å². The van der Waals surface area contributed by atoms with Crippen molar-refractivity contribution in [3.05, 3.63) is 58.6 Å². The first-order chi connectivity index (χ1) is 7.65. The summed E-state index contributed by atoms with van der Waals surface area (Å²) in [7, 11) is 0. The van der Waals surface area contributed by atoms with E-state index in [2.05, 4.69) is 21.2 Å². The van der Waals surface area contributed by atoms with Crippen molar-refractivity contribution in [2.75, 3.05) is 5.32 Å². The van der Waals surface area contributed by atoms with E-state index in [4.69, 9.17) is 0 Å². The minimum atomic E-state index is -0.602. The molecule has 0 fully saturated rings. The highest BCUT2D eigenvalue weighted by Crippen LogP contribution is 2.25. The quantitative estimate of drug-likeness (QED) is 0.857. The third-order valence-electron chi connectivity index (χ3n) is 2.02. The van der Waals surface area contributed by atoms with Crippen molar-refractivity contribution in [1.82, 2.24) is 0 Å². The Morgan fingerprint density at radius 3 is 2.19 bits per heavy atom. The zero-order chi connectivity index (χ0) is 11.5. The van der Waals surface area contributed by atoms with Gasteiger partial charge in [-0.1, -0.05) is 12.1 Å². The van der Waals surface area contributed by atoms with Crippen LogP contribution in [0.25, 0.3) is 0 Å². The van der Waals surface area contributed by atoms with Crippen LogP contribution in [0.1, 0.15) is 0 Å².